The van der Waals surface area contributed by atoms with Crippen molar-refractivity contribution in [1.82, 2.24) is 14.3 Å². The van der Waals surface area contributed by atoms with Gasteiger partial charge in [0.05, 0.1) is 12.1 Å². The number of nitrogens with zero attached hydrogens (tertiary/aromatic N) is 3. The molecule has 3 heterocycles. The highest BCUT2D eigenvalue weighted by molar-refractivity contribution is 5.67. The minimum Gasteiger partial charge on any atom is -0.481 e. The summed E-state index contributed by atoms with van der Waals surface area (Å²) in [6.45, 7) is 1.70. The van der Waals surface area contributed by atoms with Gasteiger partial charge in [-0.3, -0.25) is 9.69 Å². The van der Waals surface area contributed by atoms with Gasteiger partial charge in [-0.2, -0.15) is 0 Å². The zero-order valence-corrected chi connectivity index (χ0v) is 11.4. The molecule has 0 aliphatic carbocycles. The molecular formula is C15H19N3O2. The van der Waals surface area contributed by atoms with Crippen LogP contribution in [0.5, 0.6) is 0 Å². The summed E-state index contributed by atoms with van der Waals surface area (Å²) < 4.78 is 2.01. The van der Waals surface area contributed by atoms with E-state index in [0.29, 0.717) is 0 Å². The Balaban J connectivity index is 1.75. The molecule has 0 bridgehead atoms. The summed E-state index contributed by atoms with van der Waals surface area (Å²) in [5, 5.41) is 9.02. The summed E-state index contributed by atoms with van der Waals surface area (Å²) in [4.78, 5) is 17.8. The largest absolute Gasteiger partial charge is 0.481 e. The Morgan fingerprint density at radius 1 is 1.40 bits per heavy atom. The SMILES string of the molecule is O=C(O)CC1CCCCN1Cc1cn2ccccc2n1. The number of aromatic nitrogens is 2. The number of carbonyl (C=O) groups is 1. The van der Waals surface area contributed by atoms with Gasteiger partial charge in [-0.05, 0) is 31.5 Å². The van der Waals surface area contributed by atoms with Crippen LogP contribution >= 0.6 is 0 Å². The van der Waals surface area contributed by atoms with Crippen molar-refractivity contribution >= 4 is 11.6 Å². The van der Waals surface area contributed by atoms with Gasteiger partial charge in [0.15, 0.2) is 0 Å². The van der Waals surface area contributed by atoms with E-state index in [9.17, 15) is 4.79 Å². The van der Waals surface area contributed by atoms with Crippen LogP contribution in [0.1, 0.15) is 31.4 Å². The molecule has 106 valence electrons. The molecule has 0 radical (unpaired) electrons. The number of aliphatic carboxylic acids is 1. The molecule has 0 aromatic carbocycles. The molecule has 2 aromatic rings. The maximum Gasteiger partial charge on any atom is 0.304 e. The highest BCUT2D eigenvalue weighted by Gasteiger charge is 2.25. The lowest BCUT2D eigenvalue weighted by Gasteiger charge is -2.34. The van der Waals surface area contributed by atoms with Gasteiger partial charge >= 0.3 is 5.97 Å². The standard InChI is InChI=1S/C15H19N3O2/c19-15(20)9-13-5-1-3-7-17(13)10-12-11-18-8-4-2-6-14(18)16-12/h2,4,6,8,11,13H,1,3,5,7,9-10H2,(H,19,20). The van der Waals surface area contributed by atoms with Gasteiger partial charge in [0, 0.05) is 25.0 Å². The molecule has 20 heavy (non-hydrogen) atoms. The van der Waals surface area contributed by atoms with Gasteiger partial charge in [0.2, 0.25) is 0 Å². The van der Waals surface area contributed by atoms with Gasteiger partial charge in [-0.25, -0.2) is 4.98 Å². The molecule has 1 aliphatic heterocycles. The van der Waals surface area contributed by atoms with Crippen LogP contribution in [0.3, 0.4) is 0 Å². The fraction of sp³-hybridized carbons (Fsp3) is 0.467. The number of likely N-dealkylation sites (tertiary alicyclic amines) is 1. The van der Waals surface area contributed by atoms with Crippen molar-refractivity contribution in [3.8, 4) is 0 Å². The minimum absolute atomic E-state index is 0.145. The average Bonchev–Trinajstić information content (AvgIpc) is 2.82. The van der Waals surface area contributed by atoms with E-state index in [1.165, 1.54) is 0 Å². The van der Waals surface area contributed by atoms with E-state index in [0.717, 1.165) is 43.7 Å². The predicted molar refractivity (Wildman–Crippen MR) is 75.5 cm³/mol. The van der Waals surface area contributed by atoms with Crippen molar-refractivity contribution in [2.45, 2.75) is 38.3 Å². The van der Waals surface area contributed by atoms with Gasteiger partial charge in [-0.1, -0.05) is 12.5 Å². The van der Waals surface area contributed by atoms with E-state index in [2.05, 4.69) is 9.88 Å². The Bertz CT molecular complexity index is 575. The second-order valence-corrected chi connectivity index (χ2v) is 5.42. The van der Waals surface area contributed by atoms with Crippen molar-refractivity contribution in [3.05, 3.63) is 36.3 Å². The number of carboxylic acids is 1. The second kappa shape index (κ2) is 5.63. The Morgan fingerprint density at radius 3 is 3.10 bits per heavy atom. The smallest absolute Gasteiger partial charge is 0.304 e. The normalized spacial score (nSPS) is 20.3. The number of pyridine rings is 1. The molecule has 3 rings (SSSR count). The fourth-order valence-electron chi connectivity index (χ4n) is 2.97. The number of imidazole rings is 1. The Hall–Kier alpha value is -1.88. The first-order valence-corrected chi connectivity index (χ1v) is 7.11. The average molecular weight is 273 g/mol. The molecule has 1 atom stereocenters. The first-order chi connectivity index (χ1) is 9.72. The van der Waals surface area contributed by atoms with E-state index in [1.807, 2.05) is 35.0 Å². The highest BCUT2D eigenvalue weighted by Crippen LogP contribution is 2.22. The van der Waals surface area contributed by atoms with Gasteiger partial charge in [-0.15, -0.1) is 0 Å². The molecule has 0 amide bonds. The van der Waals surface area contributed by atoms with Crippen LogP contribution in [0.2, 0.25) is 0 Å². The summed E-state index contributed by atoms with van der Waals surface area (Å²) in [6.07, 6.45) is 7.48. The third-order valence-corrected chi connectivity index (χ3v) is 3.94. The molecule has 2 aromatic heterocycles. The van der Waals surface area contributed by atoms with Crippen molar-refractivity contribution in [2.24, 2.45) is 0 Å². The Labute approximate surface area is 117 Å². The molecular weight excluding hydrogens is 254 g/mol. The van der Waals surface area contributed by atoms with Crippen LogP contribution in [0.25, 0.3) is 5.65 Å². The van der Waals surface area contributed by atoms with Crippen LogP contribution < -0.4 is 0 Å². The molecule has 1 saturated heterocycles. The highest BCUT2D eigenvalue weighted by atomic mass is 16.4. The predicted octanol–water partition coefficient (Wildman–Crippen LogP) is 2.16. The van der Waals surface area contributed by atoms with E-state index < -0.39 is 5.97 Å². The molecule has 1 unspecified atom stereocenters. The number of rotatable bonds is 4. The molecule has 0 spiro atoms. The Kier molecular flexibility index (Phi) is 3.69. The van der Waals surface area contributed by atoms with Crippen molar-refractivity contribution in [2.75, 3.05) is 6.54 Å². The van der Waals surface area contributed by atoms with Crippen LogP contribution in [0.4, 0.5) is 0 Å². The van der Waals surface area contributed by atoms with Gasteiger partial charge in [0.1, 0.15) is 5.65 Å². The summed E-state index contributed by atoms with van der Waals surface area (Å²) in [5.74, 6) is -0.711. The van der Waals surface area contributed by atoms with E-state index in [1.54, 1.807) is 0 Å². The van der Waals surface area contributed by atoms with Crippen LogP contribution in [0, 0.1) is 0 Å². The molecule has 1 N–H and O–H groups in total. The number of fused-ring (bicyclic) bond motifs is 1. The van der Waals surface area contributed by atoms with E-state index in [4.69, 9.17) is 5.11 Å². The lowest BCUT2D eigenvalue weighted by molar-refractivity contribution is -0.138. The van der Waals surface area contributed by atoms with Crippen molar-refractivity contribution in [1.29, 1.82) is 0 Å². The van der Waals surface area contributed by atoms with Crippen LogP contribution in [-0.4, -0.2) is 37.9 Å². The number of piperidine rings is 1. The molecule has 1 fully saturated rings. The van der Waals surface area contributed by atoms with E-state index >= 15 is 0 Å². The molecule has 5 nitrogen and oxygen atoms in total. The van der Waals surface area contributed by atoms with Crippen molar-refractivity contribution < 1.29 is 9.90 Å². The zero-order chi connectivity index (χ0) is 13.9. The summed E-state index contributed by atoms with van der Waals surface area (Å²) >= 11 is 0. The van der Waals surface area contributed by atoms with Gasteiger partial charge in [0.25, 0.3) is 0 Å². The number of carboxylic acid groups (broad SMARTS) is 1. The quantitative estimate of drug-likeness (QED) is 0.927. The number of hydrogen-bond acceptors (Lipinski definition) is 3. The van der Waals surface area contributed by atoms with Crippen molar-refractivity contribution in [3.63, 3.8) is 0 Å². The summed E-state index contributed by atoms with van der Waals surface area (Å²) in [5.41, 5.74) is 1.95. The lowest BCUT2D eigenvalue weighted by atomic mass is 9.99. The fourth-order valence-corrected chi connectivity index (χ4v) is 2.97. The summed E-state index contributed by atoms with van der Waals surface area (Å²) in [6, 6.07) is 6.08. The number of hydrogen-bond donors (Lipinski definition) is 1. The molecule has 1 aliphatic rings. The summed E-state index contributed by atoms with van der Waals surface area (Å²) in [7, 11) is 0. The first kappa shape index (κ1) is 13.1. The van der Waals surface area contributed by atoms with Gasteiger partial charge < -0.3 is 9.51 Å². The molecule has 0 saturated carbocycles. The third kappa shape index (κ3) is 2.82. The van der Waals surface area contributed by atoms with E-state index in [-0.39, 0.29) is 12.5 Å². The second-order valence-electron chi connectivity index (χ2n) is 5.42. The first-order valence-electron chi connectivity index (χ1n) is 7.11. The topological polar surface area (TPSA) is 57.8 Å². The third-order valence-electron chi connectivity index (χ3n) is 3.94. The van der Waals surface area contributed by atoms with Crippen LogP contribution in [0.15, 0.2) is 30.6 Å². The van der Waals surface area contributed by atoms with Crippen LogP contribution in [-0.2, 0) is 11.3 Å². The maximum atomic E-state index is 11.0. The maximum absolute atomic E-state index is 11.0. The monoisotopic (exact) mass is 273 g/mol. The molecule has 5 heteroatoms. The zero-order valence-electron chi connectivity index (χ0n) is 11.4. The Morgan fingerprint density at radius 2 is 2.30 bits per heavy atom. The minimum atomic E-state index is -0.711. The lowest BCUT2D eigenvalue weighted by Crippen LogP contribution is -2.40.